The summed E-state index contributed by atoms with van der Waals surface area (Å²) in [6.07, 6.45) is 5.58. The molecule has 2 aromatic rings. The van der Waals surface area contributed by atoms with Crippen molar-refractivity contribution in [3.8, 4) is 0 Å². The molecule has 4 heteroatoms. The largest absolute Gasteiger partial charge is 0.331 e. The monoisotopic (exact) mass is 258 g/mol. The smallest absolute Gasteiger partial charge is 0.255 e. The molecule has 1 aliphatic rings. The van der Waals surface area contributed by atoms with E-state index >= 15 is 0 Å². The molecule has 1 aliphatic carbocycles. The van der Waals surface area contributed by atoms with E-state index < -0.39 is 0 Å². The van der Waals surface area contributed by atoms with Crippen molar-refractivity contribution in [3.05, 3.63) is 52.5 Å². The summed E-state index contributed by atoms with van der Waals surface area (Å²) in [5, 5.41) is 4.15. The Morgan fingerprint density at radius 2 is 2.33 bits per heavy atom. The van der Waals surface area contributed by atoms with Crippen molar-refractivity contribution >= 4 is 17.2 Å². The van der Waals surface area contributed by atoms with E-state index in [4.69, 9.17) is 0 Å². The number of hydrogen-bond donors (Lipinski definition) is 0. The van der Waals surface area contributed by atoms with Crippen LogP contribution in [0.15, 0.2) is 41.4 Å². The third-order valence-corrected chi connectivity index (χ3v) is 3.82. The molecule has 2 aromatic heterocycles. The minimum absolute atomic E-state index is 0.0943. The molecule has 1 saturated carbocycles. The Balaban J connectivity index is 1.80. The summed E-state index contributed by atoms with van der Waals surface area (Å²) < 4.78 is 0. The minimum atomic E-state index is 0.0943. The molecule has 0 spiro atoms. The quantitative estimate of drug-likeness (QED) is 0.844. The second-order valence-corrected chi connectivity index (χ2v) is 5.32. The predicted octanol–water partition coefficient (Wildman–Crippen LogP) is 2.95. The molecule has 3 rings (SSSR count). The highest BCUT2D eigenvalue weighted by Gasteiger charge is 2.33. The van der Waals surface area contributed by atoms with Gasteiger partial charge in [-0.05, 0) is 47.4 Å². The maximum atomic E-state index is 12.4. The van der Waals surface area contributed by atoms with E-state index in [0.717, 1.165) is 12.8 Å². The van der Waals surface area contributed by atoms with Gasteiger partial charge in [0.2, 0.25) is 0 Å². The number of carbonyl (C=O) groups excluding carboxylic acids is 1. The molecule has 0 aliphatic heterocycles. The van der Waals surface area contributed by atoms with Gasteiger partial charge in [-0.3, -0.25) is 9.78 Å². The highest BCUT2D eigenvalue weighted by molar-refractivity contribution is 7.07. The molecule has 0 N–H and O–H groups in total. The van der Waals surface area contributed by atoms with Crippen LogP contribution in [0.1, 0.15) is 28.8 Å². The molecular formula is C14H14N2OS. The second-order valence-electron chi connectivity index (χ2n) is 4.54. The summed E-state index contributed by atoms with van der Waals surface area (Å²) in [5.74, 6) is 0.0943. The molecule has 0 aromatic carbocycles. The lowest BCUT2D eigenvalue weighted by Crippen LogP contribution is -2.32. The zero-order chi connectivity index (χ0) is 12.4. The fourth-order valence-electron chi connectivity index (χ4n) is 1.99. The lowest BCUT2D eigenvalue weighted by atomic mass is 10.2. The van der Waals surface area contributed by atoms with Crippen molar-refractivity contribution in [2.75, 3.05) is 0 Å². The van der Waals surface area contributed by atoms with E-state index in [9.17, 15) is 4.79 Å². The Morgan fingerprint density at radius 1 is 1.44 bits per heavy atom. The van der Waals surface area contributed by atoms with Crippen LogP contribution in [-0.2, 0) is 6.54 Å². The Labute approximate surface area is 110 Å². The highest BCUT2D eigenvalue weighted by atomic mass is 32.1. The van der Waals surface area contributed by atoms with Crippen LogP contribution in [-0.4, -0.2) is 21.8 Å². The summed E-state index contributed by atoms with van der Waals surface area (Å²) >= 11 is 1.67. The lowest BCUT2D eigenvalue weighted by Gasteiger charge is -2.21. The maximum absolute atomic E-state index is 12.4. The van der Waals surface area contributed by atoms with Crippen molar-refractivity contribution in [2.45, 2.75) is 25.4 Å². The molecular weight excluding hydrogens is 244 g/mol. The SMILES string of the molecule is O=C(c1cccnc1)N(Cc1ccsc1)C1CC1. The molecule has 0 radical (unpaired) electrons. The van der Waals surface area contributed by atoms with Crippen LogP contribution in [0.2, 0.25) is 0 Å². The lowest BCUT2D eigenvalue weighted by molar-refractivity contribution is 0.0729. The van der Waals surface area contributed by atoms with Crippen molar-refractivity contribution in [2.24, 2.45) is 0 Å². The van der Waals surface area contributed by atoms with Gasteiger partial charge in [0.1, 0.15) is 0 Å². The van der Waals surface area contributed by atoms with Crippen LogP contribution < -0.4 is 0 Å². The average Bonchev–Trinajstić information content (AvgIpc) is 3.13. The minimum Gasteiger partial charge on any atom is -0.331 e. The van der Waals surface area contributed by atoms with Crippen molar-refractivity contribution in [1.82, 2.24) is 9.88 Å². The van der Waals surface area contributed by atoms with E-state index in [1.54, 1.807) is 23.7 Å². The van der Waals surface area contributed by atoms with Gasteiger partial charge in [0, 0.05) is 25.0 Å². The Morgan fingerprint density at radius 3 is 2.94 bits per heavy atom. The molecule has 3 nitrogen and oxygen atoms in total. The third-order valence-electron chi connectivity index (χ3n) is 3.09. The molecule has 18 heavy (non-hydrogen) atoms. The van der Waals surface area contributed by atoms with Crippen LogP contribution in [0.3, 0.4) is 0 Å². The number of aromatic nitrogens is 1. The zero-order valence-corrected chi connectivity index (χ0v) is 10.8. The standard InChI is InChI=1S/C14H14N2OS/c17-14(12-2-1-6-15-8-12)16(13-3-4-13)9-11-5-7-18-10-11/h1-2,5-8,10,13H,3-4,9H2. The van der Waals surface area contributed by atoms with Crippen LogP contribution in [0.5, 0.6) is 0 Å². The van der Waals surface area contributed by atoms with E-state index in [2.05, 4.69) is 21.8 Å². The van der Waals surface area contributed by atoms with Gasteiger partial charge in [-0.1, -0.05) is 0 Å². The molecule has 0 atom stereocenters. The van der Waals surface area contributed by atoms with Crippen LogP contribution in [0.4, 0.5) is 0 Å². The molecule has 1 amide bonds. The molecule has 0 bridgehead atoms. The summed E-state index contributed by atoms with van der Waals surface area (Å²) in [4.78, 5) is 18.4. The van der Waals surface area contributed by atoms with Crippen LogP contribution in [0.25, 0.3) is 0 Å². The Bertz CT molecular complexity index is 520. The normalized spacial score (nSPS) is 14.4. The maximum Gasteiger partial charge on any atom is 0.255 e. The van der Waals surface area contributed by atoms with Crippen molar-refractivity contribution < 1.29 is 4.79 Å². The van der Waals surface area contributed by atoms with E-state index in [1.807, 2.05) is 17.0 Å². The van der Waals surface area contributed by atoms with Gasteiger partial charge >= 0.3 is 0 Å². The molecule has 92 valence electrons. The first kappa shape index (κ1) is 11.4. The van der Waals surface area contributed by atoms with Gasteiger partial charge in [-0.15, -0.1) is 0 Å². The predicted molar refractivity (Wildman–Crippen MR) is 71.5 cm³/mol. The van der Waals surface area contributed by atoms with Gasteiger partial charge in [0.05, 0.1) is 5.56 Å². The first-order chi connectivity index (χ1) is 8.84. The highest BCUT2D eigenvalue weighted by Crippen LogP contribution is 2.30. The Kier molecular flexibility index (Phi) is 3.11. The first-order valence-electron chi connectivity index (χ1n) is 6.06. The first-order valence-corrected chi connectivity index (χ1v) is 7.01. The third kappa shape index (κ3) is 2.43. The number of amides is 1. The van der Waals surface area contributed by atoms with Gasteiger partial charge in [-0.25, -0.2) is 0 Å². The fourth-order valence-corrected chi connectivity index (χ4v) is 2.65. The van der Waals surface area contributed by atoms with Gasteiger partial charge in [0.25, 0.3) is 5.91 Å². The van der Waals surface area contributed by atoms with E-state index in [1.165, 1.54) is 5.56 Å². The zero-order valence-electron chi connectivity index (χ0n) is 9.95. The van der Waals surface area contributed by atoms with Crippen molar-refractivity contribution in [3.63, 3.8) is 0 Å². The van der Waals surface area contributed by atoms with Gasteiger partial charge in [0.15, 0.2) is 0 Å². The molecule has 1 fully saturated rings. The number of rotatable bonds is 4. The van der Waals surface area contributed by atoms with Gasteiger partial charge < -0.3 is 4.90 Å². The number of thiophene rings is 1. The van der Waals surface area contributed by atoms with Gasteiger partial charge in [-0.2, -0.15) is 11.3 Å². The van der Waals surface area contributed by atoms with Crippen LogP contribution >= 0.6 is 11.3 Å². The fraction of sp³-hybridized carbons (Fsp3) is 0.286. The summed E-state index contributed by atoms with van der Waals surface area (Å²) in [6.45, 7) is 0.710. The summed E-state index contributed by atoms with van der Waals surface area (Å²) in [7, 11) is 0. The molecule has 0 saturated heterocycles. The summed E-state index contributed by atoms with van der Waals surface area (Å²) in [6, 6.07) is 6.13. The van der Waals surface area contributed by atoms with Crippen molar-refractivity contribution in [1.29, 1.82) is 0 Å². The van der Waals surface area contributed by atoms with Crippen LogP contribution in [0, 0.1) is 0 Å². The number of nitrogens with zero attached hydrogens (tertiary/aromatic N) is 2. The number of carbonyl (C=O) groups is 1. The molecule has 2 heterocycles. The molecule has 0 unspecified atom stereocenters. The summed E-state index contributed by atoms with van der Waals surface area (Å²) in [5.41, 5.74) is 1.89. The average molecular weight is 258 g/mol. The number of pyridine rings is 1. The Hall–Kier alpha value is -1.68. The van der Waals surface area contributed by atoms with E-state index in [0.29, 0.717) is 18.2 Å². The van der Waals surface area contributed by atoms with E-state index in [-0.39, 0.29) is 5.91 Å². The topological polar surface area (TPSA) is 33.2 Å². The second kappa shape index (κ2) is 4.90. The number of hydrogen-bond acceptors (Lipinski definition) is 3.